The van der Waals surface area contributed by atoms with Crippen molar-refractivity contribution >= 4 is 11.9 Å². The van der Waals surface area contributed by atoms with Crippen molar-refractivity contribution in [3.63, 3.8) is 0 Å². The highest BCUT2D eigenvalue weighted by Crippen LogP contribution is 2.25. The second kappa shape index (κ2) is 6.41. The second-order valence-electron chi connectivity index (χ2n) is 5.00. The lowest BCUT2D eigenvalue weighted by atomic mass is 10.1. The molecule has 0 spiro atoms. The van der Waals surface area contributed by atoms with Crippen molar-refractivity contribution in [1.29, 1.82) is 0 Å². The van der Waals surface area contributed by atoms with Crippen LogP contribution in [-0.4, -0.2) is 41.6 Å². The highest BCUT2D eigenvalue weighted by molar-refractivity contribution is 5.96. The minimum absolute atomic E-state index is 0.0322. The largest absolute Gasteiger partial charge is 0.497 e. The standard InChI is InChI=1S/C15H19NO4/c1-20-13-8-4-5-11(9-13)15(19)16(10-14(17)18)12-6-2-3-7-12/h4-5,8-9,12H,2-3,6-7,10H2,1H3,(H,17,18). The maximum atomic E-state index is 12.5. The summed E-state index contributed by atoms with van der Waals surface area (Å²) in [6, 6.07) is 6.86. The second-order valence-corrected chi connectivity index (χ2v) is 5.00. The fourth-order valence-corrected chi connectivity index (χ4v) is 2.65. The van der Waals surface area contributed by atoms with E-state index in [4.69, 9.17) is 9.84 Å². The summed E-state index contributed by atoms with van der Waals surface area (Å²) in [6.07, 6.45) is 3.85. The van der Waals surface area contributed by atoms with Crippen LogP contribution in [0.1, 0.15) is 36.0 Å². The number of carboxylic acid groups (broad SMARTS) is 1. The van der Waals surface area contributed by atoms with E-state index in [1.54, 1.807) is 24.3 Å². The van der Waals surface area contributed by atoms with Crippen LogP contribution in [-0.2, 0) is 4.79 Å². The smallest absolute Gasteiger partial charge is 0.323 e. The molecule has 0 aliphatic heterocycles. The van der Waals surface area contributed by atoms with Gasteiger partial charge in [-0.05, 0) is 31.0 Å². The third kappa shape index (κ3) is 3.29. The molecular formula is C15H19NO4. The minimum Gasteiger partial charge on any atom is -0.497 e. The van der Waals surface area contributed by atoms with E-state index in [0.717, 1.165) is 25.7 Å². The number of carboxylic acids is 1. The van der Waals surface area contributed by atoms with Gasteiger partial charge in [-0.15, -0.1) is 0 Å². The number of aliphatic carboxylic acids is 1. The number of hydrogen-bond donors (Lipinski definition) is 1. The molecule has 1 aromatic rings. The van der Waals surface area contributed by atoms with Gasteiger partial charge in [-0.3, -0.25) is 9.59 Å². The van der Waals surface area contributed by atoms with Crippen molar-refractivity contribution in [2.75, 3.05) is 13.7 Å². The summed E-state index contributed by atoms with van der Waals surface area (Å²) in [4.78, 5) is 25.0. The van der Waals surface area contributed by atoms with E-state index in [1.807, 2.05) is 0 Å². The Kier molecular flexibility index (Phi) is 4.61. The van der Waals surface area contributed by atoms with Gasteiger partial charge in [0.05, 0.1) is 7.11 Å². The summed E-state index contributed by atoms with van der Waals surface area (Å²) in [5.41, 5.74) is 0.470. The summed E-state index contributed by atoms with van der Waals surface area (Å²) in [5.74, 6) is -0.621. The zero-order chi connectivity index (χ0) is 14.5. The van der Waals surface area contributed by atoms with Crippen LogP contribution in [0.25, 0.3) is 0 Å². The molecule has 5 heteroatoms. The maximum Gasteiger partial charge on any atom is 0.323 e. The fraction of sp³-hybridized carbons (Fsp3) is 0.467. The molecule has 0 radical (unpaired) electrons. The van der Waals surface area contributed by atoms with E-state index in [9.17, 15) is 9.59 Å². The predicted octanol–water partition coefficient (Wildman–Crippen LogP) is 2.16. The average Bonchev–Trinajstić information content (AvgIpc) is 2.98. The molecule has 108 valence electrons. The molecular weight excluding hydrogens is 258 g/mol. The molecule has 1 saturated carbocycles. The van der Waals surface area contributed by atoms with Crippen molar-refractivity contribution in [3.8, 4) is 5.75 Å². The Morgan fingerprint density at radius 2 is 2.05 bits per heavy atom. The summed E-state index contributed by atoms with van der Waals surface area (Å²) >= 11 is 0. The van der Waals surface area contributed by atoms with Crippen LogP contribution < -0.4 is 4.74 Å². The third-order valence-electron chi connectivity index (χ3n) is 3.65. The Labute approximate surface area is 118 Å². The average molecular weight is 277 g/mol. The van der Waals surface area contributed by atoms with Gasteiger partial charge in [-0.2, -0.15) is 0 Å². The van der Waals surface area contributed by atoms with Crippen molar-refractivity contribution < 1.29 is 19.4 Å². The Morgan fingerprint density at radius 1 is 1.35 bits per heavy atom. The monoisotopic (exact) mass is 277 g/mol. The molecule has 1 N–H and O–H groups in total. The van der Waals surface area contributed by atoms with Crippen LogP contribution in [0.5, 0.6) is 5.75 Å². The lowest BCUT2D eigenvalue weighted by molar-refractivity contribution is -0.138. The van der Waals surface area contributed by atoms with Crippen molar-refractivity contribution in [2.45, 2.75) is 31.7 Å². The number of amides is 1. The summed E-state index contributed by atoms with van der Waals surface area (Å²) < 4.78 is 5.10. The van der Waals surface area contributed by atoms with E-state index in [1.165, 1.54) is 12.0 Å². The first-order valence-corrected chi connectivity index (χ1v) is 6.78. The molecule has 0 aromatic heterocycles. The van der Waals surface area contributed by atoms with Gasteiger partial charge in [-0.1, -0.05) is 18.9 Å². The van der Waals surface area contributed by atoms with Crippen LogP contribution in [0.15, 0.2) is 24.3 Å². The van der Waals surface area contributed by atoms with Gasteiger partial charge in [0, 0.05) is 11.6 Å². The summed E-state index contributed by atoms with van der Waals surface area (Å²) in [5, 5.41) is 9.02. The van der Waals surface area contributed by atoms with Crippen LogP contribution >= 0.6 is 0 Å². The molecule has 1 aromatic carbocycles. The SMILES string of the molecule is COc1cccc(C(=O)N(CC(=O)O)C2CCCC2)c1. The molecule has 1 fully saturated rings. The number of rotatable bonds is 5. The number of hydrogen-bond acceptors (Lipinski definition) is 3. The van der Waals surface area contributed by atoms with E-state index in [-0.39, 0.29) is 18.5 Å². The van der Waals surface area contributed by atoms with Crippen molar-refractivity contribution in [2.24, 2.45) is 0 Å². The van der Waals surface area contributed by atoms with Gasteiger partial charge in [0.2, 0.25) is 0 Å². The van der Waals surface area contributed by atoms with Crippen LogP contribution in [0.2, 0.25) is 0 Å². The normalized spacial score (nSPS) is 15.1. The molecule has 2 rings (SSSR count). The first-order valence-electron chi connectivity index (χ1n) is 6.78. The highest BCUT2D eigenvalue weighted by Gasteiger charge is 2.29. The molecule has 0 unspecified atom stereocenters. The Balaban J connectivity index is 2.22. The number of methoxy groups -OCH3 is 1. The molecule has 20 heavy (non-hydrogen) atoms. The lowest BCUT2D eigenvalue weighted by Gasteiger charge is -2.27. The lowest BCUT2D eigenvalue weighted by Crippen LogP contribution is -2.42. The Morgan fingerprint density at radius 3 is 2.65 bits per heavy atom. The van der Waals surface area contributed by atoms with Crippen LogP contribution in [0.3, 0.4) is 0 Å². The molecule has 1 aliphatic carbocycles. The van der Waals surface area contributed by atoms with Crippen LogP contribution in [0, 0.1) is 0 Å². The number of benzene rings is 1. The minimum atomic E-state index is -0.979. The summed E-state index contributed by atoms with van der Waals surface area (Å²) in [6.45, 7) is -0.249. The number of carbonyl (C=O) groups excluding carboxylic acids is 1. The molecule has 1 aliphatic rings. The maximum absolute atomic E-state index is 12.5. The van der Waals surface area contributed by atoms with Gasteiger partial charge in [0.15, 0.2) is 0 Å². The van der Waals surface area contributed by atoms with E-state index < -0.39 is 5.97 Å². The Bertz CT molecular complexity index is 494. The van der Waals surface area contributed by atoms with E-state index >= 15 is 0 Å². The third-order valence-corrected chi connectivity index (χ3v) is 3.65. The van der Waals surface area contributed by atoms with Gasteiger partial charge < -0.3 is 14.7 Å². The zero-order valence-electron chi connectivity index (χ0n) is 11.5. The topological polar surface area (TPSA) is 66.8 Å². The Hall–Kier alpha value is -2.04. The van der Waals surface area contributed by atoms with Crippen LogP contribution in [0.4, 0.5) is 0 Å². The van der Waals surface area contributed by atoms with Crippen molar-refractivity contribution in [3.05, 3.63) is 29.8 Å². The number of carbonyl (C=O) groups is 2. The molecule has 0 bridgehead atoms. The molecule has 5 nitrogen and oxygen atoms in total. The van der Waals surface area contributed by atoms with E-state index in [2.05, 4.69) is 0 Å². The molecule has 0 heterocycles. The van der Waals surface area contributed by atoms with Gasteiger partial charge in [0.1, 0.15) is 12.3 Å². The first kappa shape index (κ1) is 14.4. The zero-order valence-corrected chi connectivity index (χ0v) is 11.5. The highest BCUT2D eigenvalue weighted by atomic mass is 16.5. The summed E-state index contributed by atoms with van der Waals surface area (Å²) in [7, 11) is 1.54. The fourth-order valence-electron chi connectivity index (χ4n) is 2.65. The van der Waals surface area contributed by atoms with Crippen molar-refractivity contribution in [1.82, 2.24) is 4.90 Å². The van der Waals surface area contributed by atoms with Gasteiger partial charge in [0.25, 0.3) is 5.91 Å². The van der Waals surface area contributed by atoms with Gasteiger partial charge in [-0.25, -0.2) is 0 Å². The molecule has 0 saturated heterocycles. The molecule has 1 amide bonds. The quantitative estimate of drug-likeness (QED) is 0.895. The van der Waals surface area contributed by atoms with E-state index in [0.29, 0.717) is 11.3 Å². The predicted molar refractivity (Wildman–Crippen MR) is 73.9 cm³/mol. The van der Waals surface area contributed by atoms with Gasteiger partial charge >= 0.3 is 5.97 Å². The number of nitrogens with zero attached hydrogens (tertiary/aromatic N) is 1. The first-order chi connectivity index (χ1) is 9.61. The number of ether oxygens (including phenoxy) is 1. The molecule has 0 atom stereocenters.